The van der Waals surface area contributed by atoms with E-state index in [-0.39, 0.29) is 0 Å². The number of piperidine rings is 1. The van der Waals surface area contributed by atoms with Crippen molar-refractivity contribution >= 4 is 0 Å². The molecule has 2 bridgehead atoms. The molecular formula is C20H28N2. The number of hydrogen-bond acceptors (Lipinski definition) is 2. The fraction of sp³-hybridized carbons (Fsp3) is 0.600. The van der Waals surface area contributed by atoms with Crippen molar-refractivity contribution in [3.8, 4) is 0 Å². The minimum atomic E-state index is 0.745. The number of fused-ring (bicyclic) bond motifs is 2. The number of likely N-dealkylation sites (tertiary alicyclic amines) is 1. The molecule has 0 unspecified atom stereocenters. The molecule has 1 saturated carbocycles. The molecule has 3 aliphatic rings. The van der Waals surface area contributed by atoms with Crippen molar-refractivity contribution in [1.82, 2.24) is 10.2 Å². The summed E-state index contributed by atoms with van der Waals surface area (Å²) in [5.74, 6) is 2.71. The van der Waals surface area contributed by atoms with Gasteiger partial charge in [0.05, 0.1) is 0 Å². The molecule has 22 heavy (non-hydrogen) atoms. The maximum atomic E-state index is 3.87. The number of rotatable bonds is 5. The van der Waals surface area contributed by atoms with Gasteiger partial charge >= 0.3 is 0 Å². The molecule has 4 rings (SSSR count). The van der Waals surface area contributed by atoms with Crippen molar-refractivity contribution in [2.45, 2.75) is 38.3 Å². The maximum Gasteiger partial charge on any atom is 0.0233 e. The zero-order valence-electron chi connectivity index (χ0n) is 13.5. The SMILES string of the molecule is C1=C[C@H]2C[C@H]1C[C@H]2CNC1CCN(Cc2ccccc2)CC1. The standard InChI is InChI=1S/C20H28N2/c1-2-4-16(5-3-1)15-22-10-8-20(9-11-22)21-14-19-13-17-6-7-18(19)12-17/h1-7,17-21H,8-15H2/t17-,18-,19-/m0/s1. The molecule has 1 N–H and O–H groups in total. The number of benzene rings is 1. The van der Waals surface area contributed by atoms with Crippen LogP contribution in [0.2, 0.25) is 0 Å². The molecule has 3 atom stereocenters. The highest BCUT2D eigenvalue weighted by molar-refractivity contribution is 5.14. The summed E-state index contributed by atoms with van der Waals surface area (Å²) in [4.78, 5) is 2.60. The zero-order chi connectivity index (χ0) is 14.8. The lowest BCUT2D eigenvalue weighted by Gasteiger charge is -2.33. The fourth-order valence-electron chi connectivity index (χ4n) is 4.58. The molecule has 1 aliphatic heterocycles. The van der Waals surface area contributed by atoms with Crippen LogP contribution in [-0.4, -0.2) is 30.6 Å². The second kappa shape index (κ2) is 6.55. The first-order valence-electron chi connectivity index (χ1n) is 9.05. The van der Waals surface area contributed by atoms with Gasteiger partial charge in [-0.25, -0.2) is 0 Å². The Hall–Kier alpha value is -1.12. The van der Waals surface area contributed by atoms with Gasteiger partial charge in [0.15, 0.2) is 0 Å². The fourth-order valence-corrected chi connectivity index (χ4v) is 4.58. The predicted octanol–water partition coefficient (Wildman–Crippen LogP) is 3.45. The molecule has 2 fully saturated rings. The van der Waals surface area contributed by atoms with Gasteiger partial charge in [0.25, 0.3) is 0 Å². The molecule has 1 aromatic carbocycles. The summed E-state index contributed by atoms with van der Waals surface area (Å²) < 4.78 is 0. The van der Waals surface area contributed by atoms with E-state index in [4.69, 9.17) is 0 Å². The maximum absolute atomic E-state index is 3.87. The normalized spacial score (nSPS) is 31.9. The van der Waals surface area contributed by atoms with Crippen LogP contribution in [0.4, 0.5) is 0 Å². The third kappa shape index (κ3) is 3.28. The van der Waals surface area contributed by atoms with Gasteiger partial charge in [-0.05, 0) is 68.6 Å². The summed E-state index contributed by atoms with van der Waals surface area (Å²) in [5.41, 5.74) is 1.45. The Kier molecular flexibility index (Phi) is 4.31. The van der Waals surface area contributed by atoms with Crippen LogP contribution in [0.3, 0.4) is 0 Å². The van der Waals surface area contributed by atoms with E-state index < -0.39 is 0 Å². The molecule has 0 amide bonds. The number of nitrogens with zero attached hydrogens (tertiary/aromatic N) is 1. The first-order chi connectivity index (χ1) is 10.9. The quantitative estimate of drug-likeness (QED) is 0.837. The van der Waals surface area contributed by atoms with Crippen LogP contribution in [0.15, 0.2) is 42.5 Å². The highest BCUT2D eigenvalue weighted by Crippen LogP contribution is 2.43. The van der Waals surface area contributed by atoms with Gasteiger partial charge in [-0.15, -0.1) is 0 Å². The molecular weight excluding hydrogens is 268 g/mol. The van der Waals surface area contributed by atoms with Crippen molar-refractivity contribution in [3.05, 3.63) is 48.0 Å². The highest BCUT2D eigenvalue weighted by atomic mass is 15.1. The molecule has 2 nitrogen and oxygen atoms in total. The van der Waals surface area contributed by atoms with Crippen LogP contribution in [0, 0.1) is 17.8 Å². The monoisotopic (exact) mass is 296 g/mol. The summed E-state index contributed by atoms with van der Waals surface area (Å²) in [6.07, 6.45) is 10.4. The topological polar surface area (TPSA) is 15.3 Å². The van der Waals surface area contributed by atoms with Gasteiger partial charge in [0.2, 0.25) is 0 Å². The van der Waals surface area contributed by atoms with E-state index in [0.717, 1.165) is 30.3 Å². The Labute approximate surface area is 134 Å². The molecule has 2 heteroatoms. The smallest absolute Gasteiger partial charge is 0.0233 e. The van der Waals surface area contributed by atoms with Crippen LogP contribution in [0.1, 0.15) is 31.2 Å². The number of nitrogens with one attached hydrogen (secondary N) is 1. The molecule has 0 aromatic heterocycles. The third-order valence-electron chi connectivity index (χ3n) is 5.92. The van der Waals surface area contributed by atoms with Crippen molar-refractivity contribution in [2.75, 3.05) is 19.6 Å². The number of allylic oxidation sites excluding steroid dienone is 2. The summed E-state index contributed by atoms with van der Waals surface area (Å²) in [6.45, 7) is 4.84. The summed E-state index contributed by atoms with van der Waals surface area (Å²) in [7, 11) is 0. The lowest BCUT2D eigenvalue weighted by molar-refractivity contribution is 0.186. The van der Waals surface area contributed by atoms with Crippen LogP contribution < -0.4 is 5.32 Å². The minimum absolute atomic E-state index is 0.745. The predicted molar refractivity (Wildman–Crippen MR) is 91.6 cm³/mol. The Bertz CT molecular complexity index is 502. The van der Waals surface area contributed by atoms with E-state index in [0.29, 0.717) is 0 Å². The van der Waals surface area contributed by atoms with Gasteiger partial charge in [-0.1, -0.05) is 42.5 Å². The van der Waals surface area contributed by atoms with E-state index in [1.807, 2.05) is 0 Å². The third-order valence-corrected chi connectivity index (χ3v) is 5.92. The van der Waals surface area contributed by atoms with Gasteiger partial charge in [-0.2, -0.15) is 0 Å². The Morgan fingerprint density at radius 1 is 1.00 bits per heavy atom. The molecule has 0 spiro atoms. The average Bonchev–Trinajstić information content (AvgIpc) is 3.18. The number of hydrogen-bond donors (Lipinski definition) is 1. The molecule has 118 valence electrons. The zero-order valence-corrected chi connectivity index (χ0v) is 13.5. The summed E-state index contributed by atoms with van der Waals surface area (Å²) >= 11 is 0. The van der Waals surface area contributed by atoms with Gasteiger partial charge < -0.3 is 5.32 Å². The van der Waals surface area contributed by atoms with E-state index in [1.165, 1.54) is 50.9 Å². The first-order valence-corrected chi connectivity index (χ1v) is 9.05. The molecule has 1 heterocycles. The van der Waals surface area contributed by atoms with Crippen LogP contribution >= 0.6 is 0 Å². The van der Waals surface area contributed by atoms with Crippen molar-refractivity contribution in [2.24, 2.45) is 17.8 Å². The lowest BCUT2D eigenvalue weighted by Crippen LogP contribution is -2.43. The minimum Gasteiger partial charge on any atom is -0.314 e. The van der Waals surface area contributed by atoms with E-state index in [1.54, 1.807) is 0 Å². The van der Waals surface area contributed by atoms with Crippen molar-refractivity contribution in [1.29, 1.82) is 0 Å². The van der Waals surface area contributed by atoms with Crippen molar-refractivity contribution < 1.29 is 0 Å². The second-order valence-corrected chi connectivity index (χ2v) is 7.48. The van der Waals surface area contributed by atoms with Gasteiger partial charge in [-0.3, -0.25) is 4.90 Å². The largest absolute Gasteiger partial charge is 0.314 e. The Balaban J connectivity index is 1.19. The van der Waals surface area contributed by atoms with Crippen LogP contribution in [0.5, 0.6) is 0 Å². The Morgan fingerprint density at radius 2 is 1.82 bits per heavy atom. The van der Waals surface area contributed by atoms with E-state index >= 15 is 0 Å². The molecule has 2 aliphatic carbocycles. The van der Waals surface area contributed by atoms with E-state index in [9.17, 15) is 0 Å². The lowest BCUT2D eigenvalue weighted by atomic mass is 9.93. The highest BCUT2D eigenvalue weighted by Gasteiger charge is 2.35. The summed E-state index contributed by atoms with van der Waals surface area (Å²) in [6, 6.07) is 11.6. The van der Waals surface area contributed by atoms with Crippen molar-refractivity contribution in [3.63, 3.8) is 0 Å². The molecule has 1 saturated heterocycles. The van der Waals surface area contributed by atoms with E-state index in [2.05, 4.69) is 52.7 Å². The van der Waals surface area contributed by atoms with Gasteiger partial charge in [0.1, 0.15) is 0 Å². The average molecular weight is 296 g/mol. The summed E-state index contributed by atoms with van der Waals surface area (Å²) in [5, 5.41) is 3.87. The molecule has 0 radical (unpaired) electrons. The Morgan fingerprint density at radius 3 is 2.50 bits per heavy atom. The van der Waals surface area contributed by atoms with Crippen LogP contribution in [0.25, 0.3) is 0 Å². The first kappa shape index (κ1) is 14.5. The second-order valence-electron chi connectivity index (χ2n) is 7.48. The van der Waals surface area contributed by atoms with Crippen LogP contribution in [-0.2, 0) is 6.54 Å². The van der Waals surface area contributed by atoms with Gasteiger partial charge in [0, 0.05) is 12.6 Å². The molecule has 1 aromatic rings.